The molecule has 39 heavy (non-hydrogen) atoms. The number of aromatic amines is 1. The highest BCUT2D eigenvalue weighted by molar-refractivity contribution is 7.48. The number of phosphoric ester groups is 1. The minimum absolute atomic E-state index is 0.471. The van der Waals surface area contributed by atoms with Gasteiger partial charge >= 0.3 is 25.8 Å². The van der Waals surface area contributed by atoms with Crippen LogP contribution in [0.3, 0.4) is 0 Å². The number of ether oxygens (including phenoxy) is 5. The lowest BCUT2D eigenvalue weighted by atomic mass is 9.92. The van der Waals surface area contributed by atoms with E-state index in [0.717, 1.165) is 16.8 Å². The van der Waals surface area contributed by atoms with Crippen molar-refractivity contribution >= 4 is 20.1 Å². The largest absolute Gasteiger partial charge is 0.510 e. The molecule has 222 valence electrons. The van der Waals surface area contributed by atoms with Crippen LogP contribution in [0, 0.1) is 0 Å². The molecule has 0 aromatic carbocycles. The van der Waals surface area contributed by atoms with E-state index in [2.05, 4.69) is 9.47 Å². The zero-order valence-electron chi connectivity index (χ0n) is 21.9. The molecule has 2 heterocycles. The Morgan fingerprint density at radius 2 is 1.67 bits per heavy atom. The number of aliphatic hydroxyl groups is 1. The SMILES string of the molecule is CC(C)OC(=O)OCOP(=O)(OCOC(=O)OC(C)C)OC[C@]1(CF)C[C@@](C)(O)[C@H](n2ccc(=O)[nH]c2=O)O1. The molecule has 16 nitrogen and oxygen atoms in total. The first-order chi connectivity index (χ1) is 18.1. The molecule has 0 unspecified atom stereocenters. The third kappa shape index (κ3) is 9.70. The molecule has 0 aliphatic carbocycles. The summed E-state index contributed by atoms with van der Waals surface area (Å²) in [6, 6.07) is 0.997. The topological polar surface area (TPSA) is 200 Å². The first-order valence-electron chi connectivity index (χ1n) is 11.6. The Bertz CT molecular complexity index is 1120. The first-order valence-corrected chi connectivity index (χ1v) is 13.0. The molecule has 1 aliphatic rings. The normalized spacial score (nSPS) is 23.2. The summed E-state index contributed by atoms with van der Waals surface area (Å²) >= 11 is 0. The molecule has 0 bridgehead atoms. The van der Waals surface area contributed by atoms with E-state index in [4.69, 9.17) is 27.8 Å². The fourth-order valence-corrected chi connectivity index (χ4v) is 4.34. The molecular weight excluding hydrogens is 554 g/mol. The van der Waals surface area contributed by atoms with E-state index in [1.807, 2.05) is 4.98 Å². The van der Waals surface area contributed by atoms with Gasteiger partial charge in [-0.2, -0.15) is 0 Å². The Morgan fingerprint density at radius 3 is 2.13 bits per heavy atom. The summed E-state index contributed by atoms with van der Waals surface area (Å²) in [7, 11) is -4.77. The molecule has 18 heteroatoms. The number of carbonyl (C=O) groups excluding carboxylic acids is 2. The van der Waals surface area contributed by atoms with Gasteiger partial charge < -0.3 is 28.8 Å². The number of aromatic nitrogens is 2. The molecule has 2 N–H and O–H groups in total. The van der Waals surface area contributed by atoms with Crippen molar-refractivity contribution in [3.63, 3.8) is 0 Å². The van der Waals surface area contributed by atoms with Crippen LogP contribution in [0.1, 0.15) is 47.3 Å². The van der Waals surface area contributed by atoms with Crippen LogP contribution in [0.5, 0.6) is 0 Å². The van der Waals surface area contributed by atoms with E-state index in [1.165, 1.54) is 6.92 Å². The fraction of sp³-hybridized carbons (Fsp3) is 0.714. The average molecular weight is 586 g/mol. The Morgan fingerprint density at radius 1 is 1.13 bits per heavy atom. The number of nitrogens with one attached hydrogen (secondary N) is 1. The van der Waals surface area contributed by atoms with Crippen LogP contribution in [0.4, 0.5) is 14.0 Å². The second kappa shape index (κ2) is 13.5. The van der Waals surface area contributed by atoms with Gasteiger partial charge in [0, 0.05) is 18.7 Å². The van der Waals surface area contributed by atoms with Gasteiger partial charge in [-0.3, -0.25) is 18.9 Å². The van der Waals surface area contributed by atoms with Crippen molar-refractivity contribution in [2.24, 2.45) is 0 Å². The summed E-state index contributed by atoms with van der Waals surface area (Å²) < 4.78 is 67.7. The van der Waals surface area contributed by atoms with Crippen LogP contribution in [0.2, 0.25) is 0 Å². The minimum Gasteiger partial charge on any atom is -0.432 e. The quantitative estimate of drug-likeness (QED) is 0.193. The number of H-pyrrole nitrogens is 1. The summed E-state index contributed by atoms with van der Waals surface area (Å²) in [6.07, 6.45) is -4.30. The molecular formula is C21H32FN2O14P. The predicted octanol–water partition coefficient (Wildman–Crippen LogP) is 2.11. The number of carbonyl (C=O) groups is 2. The highest BCUT2D eigenvalue weighted by atomic mass is 31.2. The lowest BCUT2D eigenvalue weighted by Gasteiger charge is -2.27. The van der Waals surface area contributed by atoms with Gasteiger partial charge in [0.2, 0.25) is 13.6 Å². The summed E-state index contributed by atoms with van der Waals surface area (Å²) in [4.78, 5) is 48.7. The Kier molecular flexibility index (Phi) is 11.2. The maximum atomic E-state index is 14.3. The van der Waals surface area contributed by atoms with Gasteiger partial charge in [0.1, 0.15) is 17.9 Å². The minimum atomic E-state index is -4.77. The van der Waals surface area contributed by atoms with Crippen LogP contribution < -0.4 is 11.2 Å². The summed E-state index contributed by atoms with van der Waals surface area (Å²) in [5, 5.41) is 10.9. The van der Waals surface area contributed by atoms with Crippen molar-refractivity contribution < 1.29 is 60.9 Å². The standard InChI is InChI=1S/C21H32FN2O14P/c1-13(2)36-18(27)31-11-34-39(30,35-12-32-19(28)37-14(3)4)33-10-21(9-22)8-20(5,29)16(38-21)24-7-6-15(25)23-17(24)26/h6-7,13-14,16,29H,8-12H2,1-5H3,(H,23,25,26)/t16-,20-,21-/m1/s1. The van der Waals surface area contributed by atoms with Gasteiger partial charge in [-0.1, -0.05) is 0 Å². The van der Waals surface area contributed by atoms with E-state index < -0.39 is 94.3 Å². The summed E-state index contributed by atoms with van der Waals surface area (Å²) in [6.45, 7) is 3.27. The number of nitrogens with zero attached hydrogens (tertiary/aromatic N) is 1. The second-order valence-corrected chi connectivity index (χ2v) is 10.8. The first kappa shape index (κ1) is 32.4. The van der Waals surface area contributed by atoms with E-state index >= 15 is 0 Å². The van der Waals surface area contributed by atoms with Crippen molar-refractivity contribution in [2.75, 3.05) is 26.9 Å². The van der Waals surface area contributed by atoms with Gasteiger partial charge in [0.25, 0.3) is 5.56 Å². The van der Waals surface area contributed by atoms with Gasteiger partial charge in [0.05, 0.1) is 18.8 Å². The zero-order chi connectivity index (χ0) is 29.4. The number of alkyl halides is 1. The van der Waals surface area contributed by atoms with Gasteiger partial charge in [-0.05, 0) is 34.6 Å². The number of rotatable bonds is 13. The van der Waals surface area contributed by atoms with Crippen molar-refractivity contribution in [3.05, 3.63) is 33.1 Å². The Hall–Kier alpha value is -2.82. The molecule has 1 fully saturated rings. The maximum absolute atomic E-state index is 14.3. The van der Waals surface area contributed by atoms with Gasteiger partial charge in [-0.15, -0.1) is 0 Å². The number of phosphoric acid groups is 1. The van der Waals surface area contributed by atoms with Gasteiger partial charge in [0.15, 0.2) is 6.23 Å². The van der Waals surface area contributed by atoms with E-state index in [1.54, 1.807) is 27.7 Å². The van der Waals surface area contributed by atoms with Crippen molar-refractivity contribution in [1.82, 2.24) is 9.55 Å². The Balaban J connectivity index is 2.16. The van der Waals surface area contributed by atoms with Crippen LogP contribution in [0.25, 0.3) is 0 Å². The van der Waals surface area contributed by atoms with E-state index in [-0.39, 0.29) is 0 Å². The zero-order valence-corrected chi connectivity index (χ0v) is 22.8. The smallest absolute Gasteiger partial charge is 0.432 e. The third-order valence-electron chi connectivity index (χ3n) is 4.85. The van der Waals surface area contributed by atoms with E-state index in [0.29, 0.717) is 0 Å². The lowest BCUT2D eigenvalue weighted by Crippen LogP contribution is -2.40. The van der Waals surface area contributed by atoms with Crippen LogP contribution in [0.15, 0.2) is 21.9 Å². The maximum Gasteiger partial charge on any atom is 0.510 e. The Labute approximate surface area is 221 Å². The van der Waals surface area contributed by atoms with Crippen molar-refractivity contribution in [2.45, 2.75) is 70.7 Å². The molecule has 0 amide bonds. The fourth-order valence-electron chi connectivity index (χ4n) is 3.36. The highest BCUT2D eigenvalue weighted by Crippen LogP contribution is 2.52. The van der Waals surface area contributed by atoms with Gasteiger partial charge in [-0.25, -0.2) is 32.4 Å². The molecule has 1 saturated heterocycles. The molecule has 3 atom stereocenters. The number of hydrogen-bond donors (Lipinski definition) is 2. The average Bonchev–Trinajstić information content (AvgIpc) is 3.08. The summed E-state index contributed by atoms with van der Waals surface area (Å²) in [5.41, 5.74) is -5.49. The lowest BCUT2D eigenvalue weighted by molar-refractivity contribution is -0.134. The van der Waals surface area contributed by atoms with Crippen LogP contribution in [-0.4, -0.2) is 77.2 Å². The highest BCUT2D eigenvalue weighted by Gasteiger charge is 2.55. The molecule has 0 saturated carbocycles. The van der Waals surface area contributed by atoms with Crippen LogP contribution >= 0.6 is 7.82 Å². The van der Waals surface area contributed by atoms with Crippen molar-refractivity contribution in [3.8, 4) is 0 Å². The monoisotopic (exact) mass is 586 g/mol. The molecule has 0 spiro atoms. The summed E-state index contributed by atoms with van der Waals surface area (Å²) in [5.74, 6) is 0. The molecule has 2 rings (SSSR count). The molecule has 1 aromatic rings. The molecule has 1 aromatic heterocycles. The number of hydrogen-bond acceptors (Lipinski definition) is 14. The van der Waals surface area contributed by atoms with Crippen molar-refractivity contribution in [1.29, 1.82) is 0 Å². The third-order valence-corrected chi connectivity index (χ3v) is 6.13. The molecule has 0 radical (unpaired) electrons. The van der Waals surface area contributed by atoms with E-state index in [9.17, 15) is 33.2 Å². The second-order valence-electron chi connectivity index (χ2n) is 9.17. The molecule has 1 aliphatic heterocycles. The number of halogens is 1. The van der Waals surface area contributed by atoms with Crippen LogP contribution in [-0.2, 0) is 41.8 Å². The predicted molar refractivity (Wildman–Crippen MR) is 126 cm³/mol.